The van der Waals surface area contributed by atoms with Gasteiger partial charge in [0, 0.05) is 33.0 Å². The topological polar surface area (TPSA) is 101 Å². The van der Waals surface area contributed by atoms with Gasteiger partial charge in [-0.1, -0.05) is 13.8 Å². The maximum absolute atomic E-state index is 12.8. The van der Waals surface area contributed by atoms with Gasteiger partial charge in [-0.3, -0.25) is 4.79 Å². The Bertz CT molecular complexity index is 779. The average Bonchev–Trinajstić information content (AvgIpc) is 2.71. The first-order chi connectivity index (χ1) is 13.8. The molecule has 0 bridgehead atoms. The summed E-state index contributed by atoms with van der Waals surface area (Å²) in [6, 6.07) is 4.86. The number of hydrogen-bond acceptors (Lipinski definition) is 5. The fraction of sp³-hybridized carbons (Fsp3) is 0.524. The second-order valence-corrected chi connectivity index (χ2v) is 7.76. The van der Waals surface area contributed by atoms with Crippen LogP contribution in [0.1, 0.15) is 38.7 Å². The van der Waals surface area contributed by atoms with E-state index in [1.165, 1.54) is 0 Å². The van der Waals surface area contributed by atoms with E-state index in [0.29, 0.717) is 13.0 Å². The van der Waals surface area contributed by atoms with E-state index in [4.69, 9.17) is 5.26 Å². The molecular weight excluding hydrogens is 368 g/mol. The van der Waals surface area contributed by atoms with Crippen LogP contribution in [-0.2, 0) is 4.79 Å². The van der Waals surface area contributed by atoms with Crippen LogP contribution in [0.4, 0.5) is 10.6 Å². The second kappa shape index (κ2) is 10.5. The van der Waals surface area contributed by atoms with Crippen LogP contribution in [0, 0.1) is 17.2 Å². The zero-order chi connectivity index (χ0) is 21.4. The number of urea groups is 1. The number of carbonyl (C=O) groups excluding carboxylic acids is 2. The molecule has 3 amide bonds. The van der Waals surface area contributed by atoms with Crippen LogP contribution in [0.25, 0.3) is 5.57 Å². The summed E-state index contributed by atoms with van der Waals surface area (Å²) in [6.07, 6.45) is 5.86. The molecule has 8 heteroatoms. The lowest BCUT2D eigenvalue weighted by Crippen LogP contribution is -2.51. The summed E-state index contributed by atoms with van der Waals surface area (Å²) in [5.41, 5.74) is 2.03. The summed E-state index contributed by atoms with van der Waals surface area (Å²) in [5, 5.41) is 14.0. The highest BCUT2D eigenvalue weighted by Crippen LogP contribution is 2.25. The van der Waals surface area contributed by atoms with Gasteiger partial charge in [0.25, 0.3) is 0 Å². The quantitative estimate of drug-likeness (QED) is 0.687. The number of anilines is 1. The molecule has 2 rings (SSSR count). The molecule has 2 N–H and O–H groups in total. The minimum Gasteiger partial charge on any atom is -0.363 e. The molecule has 8 nitrogen and oxygen atoms in total. The molecule has 0 aromatic carbocycles. The number of nitriles is 1. The predicted molar refractivity (Wildman–Crippen MR) is 113 cm³/mol. The van der Waals surface area contributed by atoms with Gasteiger partial charge in [0.05, 0.1) is 6.07 Å². The van der Waals surface area contributed by atoms with Gasteiger partial charge in [-0.25, -0.2) is 9.78 Å². The van der Waals surface area contributed by atoms with Crippen LogP contribution >= 0.6 is 0 Å². The molecule has 29 heavy (non-hydrogen) atoms. The molecule has 0 fully saturated rings. The maximum Gasteiger partial charge on any atom is 0.322 e. The monoisotopic (exact) mass is 398 g/mol. The third-order valence-corrected chi connectivity index (χ3v) is 4.66. The highest BCUT2D eigenvalue weighted by molar-refractivity contribution is 5.88. The molecule has 1 aliphatic heterocycles. The highest BCUT2D eigenvalue weighted by Gasteiger charge is 2.25. The van der Waals surface area contributed by atoms with Crippen LogP contribution < -0.4 is 15.5 Å². The summed E-state index contributed by atoms with van der Waals surface area (Å²) in [5.74, 6) is 0.764. The van der Waals surface area contributed by atoms with Gasteiger partial charge in [-0.2, -0.15) is 5.26 Å². The lowest BCUT2D eigenvalue weighted by molar-refractivity contribution is -0.123. The van der Waals surface area contributed by atoms with E-state index in [1.54, 1.807) is 4.90 Å². The molecule has 1 aromatic rings. The minimum absolute atomic E-state index is 0.0764. The van der Waals surface area contributed by atoms with Crippen molar-refractivity contribution in [3.05, 3.63) is 30.1 Å². The first-order valence-corrected chi connectivity index (χ1v) is 9.88. The van der Waals surface area contributed by atoms with Crippen molar-refractivity contribution >= 4 is 23.3 Å². The molecule has 0 spiro atoms. The lowest BCUT2D eigenvalue weighted by atomic mass is 10.0. The average molecular weight is 399 g/mol. The summed E-state index contributed by atoms with van der Waals surface area (Å²) in [4.78, 5) is 33.1. The van der Waals surface area contributed by atoms with Crippen LogP contribution in [0.3, 0.4) is 0 Å². The normalized spacial score (nSPS) is 14.6. The van der Waals surface area contributed by atoms with Crippen molar-refractivity contribution in [2.45, 2.75) is 39.2 Å². The molecule has 0 saturated carbocycles. The van der Waals surface area contributed by atoms with E-state index in [1.807, 2.05) is 63.4 Å². The largest absolute Gasteiger partial charge is 0.363 e. The molecule has 2 heterocycles. The van der Waals surface area contributed by atoms with E-state index in [9.17, 15) is 9.59 Å². The Balaban J connectivity index is 2.10. The summed E-state index contributed by atoms with van der Waals surface area (Å²) >= 11 is 0. The van der Waals surface area contributed by atoms with Crippen molar-refractivity contribution in [2.24, 2.45) is 5.92 Å². The Kier molecular flexibility index (Phi) is 8.01. The fourth-order valence-corrected chi connectivity index (χ4v) is 3.16. The molecule has 1 unspecified atom stereocenters. The first-order valence-electron chi connectivity index (χ1n) is 9.88. The van der Waals surface area contributed by atoms with Crippen LogP contribution in [0.2, 0.25) is 0 Å². The van der Waals surface area contributed by atoms with E-state index >= 15 is 0 Å². The van der Waals surface area contributed by atoms with Gasteiger partial charge in [0.15, 0.2) is 0 Å². The zero-order valence-corrected chi connectivity index (χ0v) is 17.6. The van der Waals surface area contributed by atoms with Gasteiger partial charge in [0.2, 0.25) is 5.91 Å². The zero-order valence-electron chi connectivity index (χ0n) is 17.6. The maximum atomic E-state index is 12.8. The van der Waals surface area contributed by atoms with Crippen molar-refractivity contribution in [2.75, 3.05) is 32.1 Å². The van der Waals surface area contributed by atoms with E-state index in [0.717, 1.165) is 29.8 Å². The standard InChI is InChI=1S/C21H30N6O2/c1-15(2)12-18(20(28)23-10-9-22)25-21(29)27-11-5-6-17(14-27)16-7-8-19(24-13-16)26(3)4/h7-8,13-15,18H,5-6,10-12H2,1-4H3,(H,23,28)(H,25,29). The number of carbonyl (C=O) groups is 2. The molecule has 1 aliphatic rings. The van der Waals surface area contributed by atoms with Crippen molar-refractivity contribution in [1.29, 1.82) is 5.26 Å². The number of rotatable bonds is 7. The number of aromatic nitrogens is 1. The first kappa shape index (κ1) is 22.2. The van der Waals surface area contributed by atoms with Crippen molar-refractivity contribution < 1.29 is 9.59 Å². The lowest BCUT2D eigenvalue weighted by Gasteiger charge is -2.28. The van der Waals surface area contributed by atoms with E-state index < -0.39 is 6.04 Å². The molecule has 1 aromatic heterocycles. The summed E-state index contributed by atoms with van der Waals surface area (Å²) in [7, 11) is 3.88. The van der Waals surface area contributed by atoms with Gasteiger partial charge in [0.1, 0.15) is 18.4 Å². The number of allylic oxidation sites excluding steroid dienone is 1. The van der Waals surface area contributed by atoms with Crippen molar-refractivity contribution in [1.82, 2.24) is 20.5 Å². The van der Waals surface area contributed by atoms with Crippen LogP contribution in [-0.4, -0.2) is 55.0 Å². The Morgan fingerprint density at radius 1 is 1.34 bits per heavy atom. The molecule has 1 atom stereocenters. The Morgan fingerprint density at radius 3 is 2.69 bits per heavy atom. The predicted octanol–water partition coefficient (Wildman–Crippen LogP) is 2.35. The number of hydrogen-bond donors (Lipinski definition) is 2. The highest BCUT2D eigenvalue weighted by atomic mass is 16.2. The molecule has 0 radical (unpaired) electrons. The van der Waals surface area contributed by atoms with Crippen LogP contribution in [0.15, 0.2) is 24.5 Å². The smallest absolute Gasteiger partial charge is 0.322 e. The third-order valence-electron chi connectivity index (χ3n) is 4.66. The summed E-state index contributed by atoms with van der Waals surface area (Å²) < 4.78 is 0. The SMILES string of the molecule is CC(C)CC(NC(=O)N1C=C(c2ccc(N(C)C)nc2)CCC1)C(=O)NCC#N. The minimum atomic E-state index is -0.671. The summed E-state index contributed by atoms with van der Waals surface area (Å²) in [6.45, 7) is 4.49. The van der Waals surface area contributed by atoms with Gasteiger partial charge >= 0.3 is 6.03 Å². The number of pyridine rings is 1. The van der Waals surface area contributed by atoms with Crippen molar-refractivity contribution in [3.63, 3.8) is 0 Å². The third kappa shape index (κ3) is 6.49. The Labute approximate surface area is 172 Å². The van der Waals surface area contributed by atoms with Gasteiger partial charge in [-0.05, 0) is 48.4 Å². The second-order valence-electron chi connectivity index (χ2n) is 7.76. The Morgan fingerprint density at radius 2 is 2.10 bits per heavy atom. The van der Waals surface area contributed by atoms with E-state index in [2.05, 4.69) is 15.6 Å². The number of nitrogens with zero attached hydrogens (tertiary/aromatic N) is 4. The number of amides is 3. The molecular formula is C21H30N6O2. The molecule has 156 valence electrons. The van der Waals surface area contributed by atoms with Crippen LogP contribution in [0.5, 0.6) is 0 Å². The molecule has 0 saturated heterocycles. The number of nitrogens with one attached hydrogen (secondary N) is 2. The fourth-order valence-electron chi connectivity index (χ4n) is 3.16. The molecule has 0 aliphatic carbocycles. The van der Waals surface area contributed by atoms with E-state index in [-0.39, 0.29) is 24.4 Å². The van der Waals surface area contributed by atoms with Gasteiger partial charge < -0.3 is 20.4 Å². The Hall–Kier alpha value is -3.08. The van der Waals surface area contributed by atoms with Crippen molar-refractivity contribution in [3.8, 4) is 6.07 Å². The van der Waals surface area contributed by atoms with Gasteiger partial charge in [-0.15, -0.1) is 0 Å².